The summed E-state index contributed by atoms with van der Waals surface area (Å²) < 4.78 is 10.9. The SMILES string of the molecule is CC(C)C(=O)[C@@H]1COC(CC2=N[C@H](C(=O)C(C)C)CO2)=N1. The van der Waals surface area contributed by atoms with Crippen molar-refractivity contribution >= 4 is 23.4 Å². The van der Waals surface area contributed by atoms with Crippen molar-refractivity contribution < 1.29 is 19.1 Å². The van der Waals surface area contributed by atoms with E-state index in [0.717, 1.165) is 0 Å². The van der Waals surface area contributed by atoms with Crippen LogP contribution in [-0.4, -0.2) is 48.7 Å². The van der Waals surface area contributed by atoms with E-state index in [-0.39, 0.29) is 36.6 Å². The van der Waals surface area contributed by atoms with Crippen molar-refractivity contribution in [3.05, 3.63) is 0 Å². The lowest BCUT2D eigenvalue weighted by atomic mass is 10.0. The molecule has 6 heteroatoms. The Morgan fingerprint density at radius 2 is 1.33 bits per heavy atom. The van der Waals surface area contributed by atoms with Crippen LogP contribution in [0.3, 0.4) is 0 Å². The third-order valence-corrected chi connectivity index (χ3v) is 3.51. The molecule has 6 nitrogen and oxygen atoms in total. The monoisotopic (exact) mass is 294 g/mol. The topological polar surface area (TPSA) is 77.3 Å². The molecule has 0 amide bonds. The minimum atomic E-state index is -0.421. The van der Waals surface area contributed by atoms with Gasteiger partial charge in [-0.1, -0.05) is 27.7 Å². The molecule has 0 fully saturated rings. The van der Waals surface area contributed by atoms with Crippen LogP contribution in [0, 0.1) is 11.8 Å². The highest BCUT2D eigenvalue weighted by atomic mass is 16.5. The molecule has 0 aromatic carbocycles. The van der Waals surface area contributed by atoms with Gasteiger partial charge in [0.15, 0.2) is 23.4 Å². The Bertz CT molecular complexity index is 450. The van der Waals surface area contributed by atoms with Crippen LogP contribution in [0.1, 0.15) is 34.1 Å². The van der Waals surface area contributed by atoms with E-state index in [1.807, 2.05) is 27.7 Å². The smallest absolute Gasteiger partial charge is 0.193 e. The molecule has 116 valence electrons. The average molecular weight is 294 g/mol. The van der Waals surface area contributed by atoms with Gasteiger partial charge >= 0.3 is 0 Å². The normalized spacial score (nSPS) is 24.7. The van der Waals surface area contributed by atoms with Crippen LogP contribution >= 0.6 is 0 Å². The van der Waals surface area contributed by atoms with Crippen LogP contribution in [0.4, 0.5) is 0 Å². The number of carbonyl (C=O) groups excluding carboxylic acids is 2. The highest BCUT2D eigenvalue weighted by molar-refractivity contribution is 6.02. The molecule has 2 heterocycles. The Kier molecular flexibility index (Phi) is 4.75. The van der Waals surface area contributed by atoms with Crippen LogP contribution in [0.2, 0.25) is 0 Å². The van der Waals surface area contributed by atoms with Gasteiger partial charge in [0.25, 0.3) is 0 Å². The maximum atomic E-state index is 11.9. The Hall–Kier alpha value is -1.72. The summed E-state index contributed by atoms with van der Waals surface area (Å²) in [6.45, 7) is 7.97. The molecule has 0 radical (unpaired) electrons. The van der Waals surface area contributed by atoms with Gasteiger partial charge in [-0.15, -0.1) is 0 Å². The van der Waals surface area contributed by atoms with E-state index in [4.69, 9.17) is 9.47 Å². The van der Waals surface area contributed by atoms with Gasteiger partial charge in [-0.25, -0.2) is 9.98 Å². The zero-order valence-electron chi connectivity index (χ0n) is 13.0. The fraction of sp³-hybridized carbons (Fsp3) is 0.733. The molecule has 21 heavy (non-hydrogen) atoms. The first-order valence-corrected chi connectivity index (χ1v) is 7.35. The molecule has 0 spiro atoms. The molecule has 0 saturated carbocycles. The Morgan fingerprint density at radius 1 is 0.952 bits per heavy atom. The van der Waals surface area contributed by atoms with Crippen molar-refractivity contribution in [1.82, 2.24) is 0 Å². The zero-order chi connectivity index (χ0) is 15.6. The molecule has 0 bridgehead atoms. The highest BCUT2D eigenvalue weighted by Crippen LogP contribution is 2.16. The Labute approximate surface area is 124 Å². The minimum absolute atomic E-state index is 0.0604. The number of ketones is 2. The lowest BCUT2D eigenvalue weighted by Crippen LogP contribution is -2.24. The van der Waals surface area contributed by atoms with Gasteiger partial charge in [-0.3, -0.25) is 9.59 Å². The van der Waals surface area contributed by atoms with E-state index in [2.05, 4.69) is 9.98 Å². The molecule has 0 aromatic rings. The first-order chi connectivity index (χ1) is 9.88. The summed E-state index contributed by atoms with van der Waals surface area (Å²) in [5.74, 6) is 0.958. The van der Waals surface area contributed by atoms with E-state index < -0.39 is 12.1 Å². The number of hydrogen-bond acceptors (Lipinski definition) is 6. The number of nitrogens with zero attached hydrogens (tertiary/aromatic N) is 2. The first-order valence-electron chi connectivity index (χ1n) is 7.35. The predicted molar refractivity (Wildman–Crippen MR) is 78.7 cm³/mol. The van der Waals surface area contributed by atoms with Gasteiger partial charge in [0, 0.05) is 11.8 Å². The maximum absolute atomic E-state index is 11.9. The third-order valence-electron chi connectivity index (χ3n) is 3.51. The van der Waals surface area contributed by atoms with Crippen LogP contribution < -0.4 is 0 Å². The number of hydrogen-bond donors (Lipinski definition) is 0. The van der Waals surface area contributed by atoms with Crippen molar-refractivity contribution in [2.45, 2.75) is 46.2 Å². The summed E-state index contributed by atoms with van der Waals surface area (Å²) in [7, 11) is 0. The van der Waals surface area contributed by atoms with Gasteiger partial charge in [0.2, 0.25) is 0 Å². The second kappa shape index (κ2) is 6.37. The molecule has 0 saturated heterocycles. The van der Waals surface area contributed by atoms with Gasteiger partial charge in [-0.05, 0) is 0 Å². The largest absolute Gasteiger partial charge is 0.478 e. The Balaban J connectivity index is 1.94. The van der Waals surface area contributed by atoms with E-state index in [1.165, 1.54) is 0 Å². The standard InChI is InChI=1S/C15H22N2O4/c1-8(2)14(18)10-6-20-12(16-10)5-13-17-11(7-21-13)15(19)9(3)4/h8-11H,5-7H2,1-4H3/t10-,11-/m0/s1. The minimum Gasteiger partial charge on any atom is -0.478 e. The fourth-order valence-electron chi connectivity index (χ4n) is 2.23. The van der Waals surface area contributed by atoms with Crippen LogP contribution in [-0.2, 0) is 19.1 Å². The first kappa shape index (κ1) is 15.7. The summed E-state index contributed by atoms with van der Waals surface area (Å²) in [6.07, 6.45) is 0.309. The fourth-order valence-corrected chi connectivity index (χ4v) is 2.23. The molecule has 2 aliphatic heterocycles. The third kappa shape index (κ3) is 3.68. The van der Waals surface area contributed by atoms with Crippen molar-refractivity contribution in [2.24, 2.45) is 21.8 Å². The van der Waals surface area contributed by atoms with E-state index in [9.17, 15) is 9.59 Å². The predicted octanol–water partition coefficient (Wildman–Crippen LogP) is 1.42. The number of carbonyl (C=O) groups is 2. The number of ether oxygens (including phenoxy) is 2. The molecule has 2 atom stereocenters. The molecular formula is C15H22N2O4. The van der Waals surface area contributed by atoms with Gasteiger partial charge < -0.3 is 9.47 Å². The molecule has 2 aliphatic rings. The zero-order valence-corrected chi connectivity index (χ0v) is 13.0. The molecule has 2 rings (SSSR count). The lowest BCUT2D eigenvalue weighted by Gasteiger charge is -2.05. The highest BCUT2D eigenvalue weighted by Gasteiger charge is 2.31. The van der Waals surface area contributed by atoms with Gasteiger partial charge in [0.1, 0.15) is 25.3 Å². The lowest BCUT2D eigenvalue weighted by molar-refractivity contribution is -0.124. The summed E-state index contributed by atoms with van der Waals surface area (Å²) >= 11 is 0. The molecule has 0 aliphatic carbocycles. The molecule has 0 unspecified atom stereocenters. The van der Waals surface area contributed by atoms with Crippen molar-refractivity contribution in [3.63, 3.8) is 0 Å². The van der Waals surface area contributed by atoms with Crippen LogP contribution in [0.25, 0.3) is 0 Å². The molecule has 0 N–H and O–H groups in total. The van der Waals surface area contributed by atoms with E-state index in [0.29, 0.717) is 18.2 Å². The van der Waals surface area contributed by atoms with Crippen LogP contribution in [0.5, 0.6) is 0 Å². The second-order valence-corrected chi connectivity index (χ2v) is 5.99. The summed E-state index contributed by atoms with van der Waals surface area (Å²) in [5.41, 5.74) is 0. The van der Waals surface area contributed by atoms with E-state index in [1.54, 1.807) is 0 Å². The van der Waals surface area contributed by atoms with E-state index >= 15 is 0 Å². The van der Waals surface area contributed by atoms with Crippen LogP contribution in [0.15, 0.2) is 9.98 Å². The second-order valence-electron chi connectivity index (χ2n) is 5.99. The number of rotatable bonds is 6. The van der Waals surface area contributed by atoms with Crippen molar-refractivity contribution in [1.29, 1.82) is 0 Å². The number of aliphatic imine (C=N–C) groups is 2. The summed E-state index contributed by atoms with van der Waals surface area (Å²) in [6, 6.07) is -0.842. The summed E-state index contributed by atoms with van der Waals surface area (Å²) in [4.78, 5) is 32.3. The number of Topliss-reactive ketones (excluding diaryl/α,β-unsaturated/α-hetero) is 2. The summed E-state index contributed by atoms with van der Waals surface area (Å²) in [5, 5.41) is 0. The van der Waals surface area contributed by atoms with Gasteiger partial charge in [-0.2, -0.15) is 0 Å². The maximum Gasteiger partial charge on any atom is 0.193 e. The van der Waals surface area contributed by atoms with Crippen molar-refractivity contribution in [3.8, 4) is 0 Å². The Morgan fingerprint density at radius 3 is 1.67 bits per heavy atom. The van der Waals surface area contributed by atoms with Gasteiger partial charge in [0.05, 0.1) is 6.42 Å². The molecule has 0 aromatic heterocycles. The quantitative estimate of drug-likeness (QED) is 0.742. The molecular weight excluding hydrogens is 272 g/mol. The van der Waals surface area contributed by atoms with Crippen molar-refractivity contribution in [2.75, 3.05) is 13.2 Å². The average Bonchev–Trinajstić information content (AvgIpc) is 3.06.